The number of ether oxygens (including phenoxy) is 2. The maximum atomic E-state index is 10.3. The Labute approximate surface area is 113 Å². The van der Waals surface area contributed by atoms with Crippen molar-refractivity contribution in [1.82, 2.24) is 0 Å². The molecule has 0 aromatic heterocycles. The summed E-state index contributed by atoms with van der Waals surface area (Å²) in [6, 6.07) is 7.02. The molecule has 0 bridgehead atoms. The molecule has 0 heterocycles. The molecule has 1 rings (SSSR count). The highest BCUT2D eigenvalue weighted by molar-refractivity contribution is 5.30. The van der Waals surface area contributed by atoms with Gasteiger partial charge in [-0.1, -0.05) is 12.1 Å². The van der Waals surface area contributed by atoms with E-state index >= 15 is 0 Å². The summed E-state index contributed by atoms with van der Waals surface area (Å²) in [6.45, 7) is 2.44. The second-order valence-corrected chi connectivity index (χ2v) is 4.10. The minimum absolute atomic E-state index is 0.0393. The topological polar surface area (TPSA) is 79.2 Å². The maximum Gasteiger partial charge on any atom is 0.119 e. The molecule has 0 fully saturated rings. The summed E-state index contributed by atoms with van der Waals surface area (Å²) in [5.41, 5.74) is 0.669. The van der Waals surface area contributed by atoms with Crippen molar-refractivity contribution < 1.29 is 24.8 Å². The molecule has 0 amide bonds. The van der Waals surface area contributed by atoms with Crippen molar-refractivity contribution in [3.8, 4) is 5.75 Å². The van der Waals surface area contributed by atoms with Crippen molar-refractivity contribution in [3.63, 3.8) is 0 Å². The van der Waals surface area contributed by atoms with Crippen LogP contribution in [0.5, 0.6) is 5.75 Å². The van der Waals surface area contributed by atoms with Crippen LogP contribution in [0.2, 0.25) is 0 Å². The van der Waals surface area contributed by atoms with E-state index in [2.05, 4.69) is 0 Å². The third kappa shape index (κ3) is 5.16. The summed E-state index contributed by atoms with van der Waals surface area (Å²) in [6.07, 6.45) is -0.885. The monoisotopic (exact) mass is 270 g/mol. The highest BCUT2D eigenvalue weighted by Gasteiger charge is 2.21. The van der Waals surface area contributed by atoms with Crippen LogP contribution in [0.1, 0.15) is 25.0 Å². The van der Waals surface area contributed by atoms with Gasteiger partial charge in [0.05, 0.1) is 12.7 Å². The van der Waals surface area contributed by atoms with Crippen LogP contribution in [0, 0.1) is 0 Å². The molecular weight excluding hydrogens is 248 g/mol. The first-order valence-corrected chi connectivity index (χ1v) is 6.47. The molecule has 0 saturated carbocycles. The number of hydrogen-bond acceptors (Lipinski definition) is 5. The first kappa shape index (κ1) is 15.9. The number of rotatable bonds is 9. The molecule has 0 aliphatic rings. The molecule has 19 heavy (non-hydrogen) atoms. The zero-order chi connectivity index (χ0) is 14.1. The highest BCUT2D eigenvalue weighted by atomic mass is 16.5. The fourth-order valence-electron chi connectivity index (χ4n) is 1.84. The van der Waals surface area contributed by atoms with Gasteiger partial charge in [-0.25, -0.2) is 0 Å². The lowest BCUT2D eigenvalue weighted by atomic mass is 10.0. The lowest BCUT2D eigenvalue weighted by molar-refractivity contribution is -0.0449. The van der Waals surface area contributed by atoms with Crippen molar-refractivity contribution in [2.45, 2.75) is 25.6 Å². The SMILES string of the molecule is CCO[C@H](CCO)[C@H](O)c1cccc(OCCO)c1. The minimum atomic E-state index is -0.815. The van der Waals surface area contributed by atoms with E-state index in [1.165, 1.54) is 0 Å². The van der Waals surface area contributed by atoms with E-state index in [-0.39, 0.29) is 19.8 Å². The molecule has 108 valence electrons. The fourth-order valence-corrected chi connectivity index (χ4v) is 1.84. The van der Waals surface area contributed by atoms with E-state index in [0.29, 0.717) is 24.3 Å². The quantitative estimate of drug-likeness (QED) is 0.621. The average molecular weight is 270 g/mol. The van der Waals surface area contributed by atoms with Gasteiger partial charge in [-0.15, -0.1) is 0 Å². The highest BCUT2D eigenvalue weighted by Crippen LogP contribution is 2.24. The van der Waals surface area contributed by atoms with Crippen molar-refractivity contribution in [2.24, 2.45) is 0 Å². The molecule has 0 unspecified atom stereocenters. The van der Waals surface area contributed by atoms with Crippen molar-refractivity contribution in [2.75, 3.05) is 26.4 Å². The van der Waals surface area contributed by atoms with Gasteiger partial charge in [0.1, 0.15) is 18.5 Å². The fraction of sp³-hybridized carbons (Fsp3) is 0.571. The van der Waals surface area contributed by atoms with E-state index in [4.69, 9.17) is 19.7 Å². The van der Waals surface area contributed by atoms with E-state index in [1.807, 2.05) is 6.92 Å². The minimum Gasteiger partial charge on any atom is -0.491 e. The largest absolute Gasteiger partial charge is 0.491 e. The number of aliphatic hydroxyl groups excluding tert-OH is 3. The predicted molar refractivity (Wildman–Crippen MR) is 71.1 cm³/mol. The molecule has 5 heteroatoms. The normalized spacial score (nSPS) is 14.1. The van der Waals surface area contributed by atoms with Crippen LogP contribution < -0.4 is 4.74 Å². The van der Waals surface area contributed by atoms with Gasteiger partial charge >= 0.3 is 0 Å². The Kier molecular flexibility index (Phi) is 7.43. The maximum absolute atomic E-state index is 10.3. The summed E-state index contributed by atoms with van der Waals surface area (Å²) < 4.78 is 10.7. The Morgan fingerprint density at radius 2 is 2.00 bits per heavy atom. The van der Waals surface area contributed by atoms with E-state index < -0.39 is 12.2 Å². The predicted octanol–water partition coefficient (Wildman–Crippen LogP) is 0.879. The van der Waals surface area contributed by atoms with Gasteiger partial charge in [0.2, 0.25) is 0 Å². The van der Waals surface area contributed by atoms with Gasteiger partial charge in [-0.2, -0.15) is 0 Å². The molecule has 1 aromatic carbocycles. The first-order chi connectivity index (χ1) is 9.22. The summed E-state index contributed by atoms with van der Waals surface area (Å²) in [5.74, 6) is 0.588. The van der Waals surface area contributed by atoms with Crippen molar-refractivity contribution >= 4 is 0 Å². The Morgan fingerprint density at radius 1 is 1.21 bits per heavy atom. The smallest absolute Gasteiger partial charge is 0.119 e. The lowest BCUT2D eigenvalue weighted by Crippen LogP contribution is -2.23. The summed E-state index contributed by atoms with van der Waals surface area (Å²) >= 11 is 0. The third-order valence-electron chi connectivity index (χ3n) is 2.71. The average Bonchev–Trinajstić information content (AvgIpc) is 2.44. The van der Waals surface area contributed by atoms with Crippen LogP contribution in [0.4, 0.5) is 0 Å². The van der Waals surface area contributed by atoms with Gasteiger partial charge in [-0.05, 0) is 31.0 Å². The number of aliphatic hydroxyl groups is 3. The second kappa shape index (κ2) is 8.87. The van der Waals surface area contributed by atoms with Gasteiger partial charge in [0, 0.05) is 13.2 Å². The molecule has 0 aliphatic carbocycles. The third-order valence-corrected chi connectivity index (χ3v) is 2.71. The zero-order valence-corrected chi connectivity index (χ0v) is 11.2. The number of benzene rings is 1. The van der Waals surface area contributed by atoms with Gasteiger partial charge in [0.15, 0.2) is 0 Å². The van der Waals surface area contributed by atoms with Gasteiger partial charge in [-0.3, -0.25) is 0 Å². The van der Waals surface area contributed by atoms with E-state index in [1.54, 1.807) is 24.3 Å². The first-order valence-electron chi connectivity index (χ1n) is 6.47. The summed E-state index contributed by atoms with van der Waals surface area (Å²) in [4.78, 5) is 0. The Hall–Kier alpha value is -1.14. The Bertz CT molecular complexity index is 349. The molecule has 3 N–H and O–H groups in total. The van der Waals surface area contributed by atoms with Crippen LogP contribution in [-0.4, -0.2) is 47.9 Å². The van der Waals surface area contributed by atoms with Crippen molar-refractivity contribution in [3.05, 3.63) is 29.8 Å². The Balaban J connectivity index is 2.75. The van der Waals surface area contributed by atoms with Crippen LogP contribution in [-0.2, 0) is 4.74 Å². The molecule has 0 spiro atoms. The van der Waals surface area contributed by atoms with Crippen LogP contribution in [0.15, 0.2) is 24.3 Å². The molecule has 1 aromatic rings. The molecule has 0 radical (unpaired) electrons. The summed E-state index contributed by atoms with van der Waals surface area (Å²) in [7, 11) is 0. The standard InChI is InChI=1S/C14H22O5/c1-2-18-13(6-7-15)14(17)11-4-3-5-12(10-11)19-9-8-16/h3-5,10,13-17H,2,6-9H2,1H3/t13-,14-/m1/s1. The van der Waals surface area contributed by atoms with E-state index in [0.717, 1.165) is 0 Å². The van der Waals surface area contributed by atoms with Crippen LogP contribution in [0.25, 0.3) is 0 Å². The van der Waals surface area contributed by atoms with E-state index in [9.17, 15) is 5.11 Å². The second-order valence-electron chi connectivity index (χ2n) is 4.10. The summed E-state index contributed by atoms with van der Waals surface area (Å²) in [5, 5.41) is 27.9. The molecule has 5 nitrogen and oxygen atoms in total. The van der Waals surface area contributed by atoms with Gasteiger partial charge in [0.25, 0.3) is 0 Å². The molecule has 0 aliphatic heterocycles. The van der Waals surface area contributed by atoms with Crippen molar-refractivity contribution in [1.29, 1.82) is 0 Å². The Morgan fingerprint density at radius 3 is 2.63 bits per heavy atom. The molecule has 0 saturated heterocycles. The van der Waals surface area contributed by atoms with Gasteiger partial charge < -0.3 is 24.8 Å². The van der Waals surface area contributed by atoms with Crippen LogP contribution in [0.3, 0.4) is 0 Å². The molecule has 2 atom stereocenters. The lowest BCUT2D eigenvalue weighted by Gasteiger charge is -2.22. The molecular formula is C14H22O5. The van der Waals surface area contributed by atoms with Crippen LogP contribution >= 0.6 is 0 Å². The number of hydrogen-bond donors (Lipinski definition) is 3. The zero-order valence-electron chi connectivity index (χ0n) is 11.2.